The fraction of sp³-hybridized carbons (Fsp3) is 0.714. The molecule has 1 atom stereocenters. The summed E-state index contributed by atoms with van der Waals surface area (Å²) >= 11 is 0. The SMILES string of the molecule is CN=C(NCCN(C)C(=O)OC(C)(C)C)NCC(c1ccco1)N1CCCCC1. The maximum atomic E-state index is 12.0. The zero-order valence-corrected chi connectivity index (χ0v) is 18.5. The number of likely N-dealkylation sites (N-methyl/N-ethyl adjacent to an activating group) is 1. The first kappa shape index (κ1) is 23.1. The van der Waals surface area contributed by atoms with Crippen molar-refractivity contribution in [3.8, 4) is 0 Å². The van der Waals surface area contributed by atoms with Crippen LogP contribution in [-0.4, -0.2) is 74.3 Å². The first-order chi connectivity index (χ1) is 13.8. The van der Waals surface area contributed by atoms with E-state index in [4.69, 9.17) is 9.15 Å². The number of nitrogens with zero attached hydrogens (tertiary/aromatic N) is 3. The summed E-state index contributed by atoms with van der Waals surface area (Å²) < 4.78 is 11.1. The highest BCUT2D eigenvalue weighted by molar-refractivity contribution is 5.79. The van der Waals surface area contributed by atoms with E-state index < -0.39 is 5.60 Å². The Balaban J connectivity index is 1.81. The van der Waals surface area contributed by atoms with Crippen molar-refractivity contribution < 1.29 is 13.9 Å². The molecule has 0 bridgehead atoms. The molecule has 0 saturated carbocycles. The molecular weight excluding hydrogens is 370 g/mol. The van der Waals surface area contributed by atoms with E-state index in [1.807, 2.05) is 32.9 Å². The van der Waals surface area contributed by atoms with E-state index >= 15 is 0 Å². The third-order valence-corrected chi connectivity index (χ3v) is 4.83. The molecule has 0 aromatic carbocycles. The lowest BCUT2D eigenvalue weighted by Gasteiger charge is -2.33. The number of carbonyl (C=O) groups excluding carboxylic acids is 1. The van der Waals surface area contributed by atoms with Crippen molar-refractivity contribution in [2.45, 2.75) is 51.7 Å². The first-order valence-corrected chi connectivity index (χ1v) is 10.5. The van der Waals surface area contributed by atoms with Crippen LogP contribution in [-0.2, 0) is 4.74 Å². The largest absolute Gasteiger partial charge is 0.468 e. The topological polar surface area (TPSA) is 82.3 Å². The fourth-order valence-electron chi connectivity index (χ4n) is 3.31. The van der Waals surface area contributed by atoms with E-state index in [-0.39, 0.29) is 12.1 Å². The van der Waals surface area contributed by atoms with E-state index in [0.29, 0.717) is 25.6 Å². The molecule has 1 saturated heterocycles. The smallest absolute Gasteiger partial charge is 0.410 e. The summed E-state index contributed by atoms with van der Waals surface area (Å²) in [6.07, 6.45) is 5.14. The molecule has 1 fully saturated rings. The number of ether oxygens (including phenoxy) is 1. The van der Waals surface area contributed by atoms with Gasteiger partial charge in [0.2, 0.25) is 0 Å². The van der Waals surface area contributed by atoms with Gasteiger partial charge in [-0.1, -0.05) is 6.42 Å². The van der Waals surface area contributed by atoms with Crippen molar-refractivity contribution in [2.75, 3.05) is 46.8 Å². The van der Waals surface area contributed by atoms with E-state index in [1.54, 1.807) is 25.3 Å². The summed E-state index contributed by atoms with van der Waals surface area (Å²) in [5.74, 6) is 1.68. The second-order valence-corrected chi connectivity index (χ2v) is 8.41. The molecule has 2 N–H and O–H groups in total. The second kappa shape index (κ2) is 11.1. The summed E-state index contributed by atoms with van der Waals surface area (Å²) in [5.41, 5.74) is -0.494. The Morgan fingerprint density at radius 1 is 1.31 bits per heavy atom. The van der Waals surface area contributed by atoms with Crippen LogP contribution in [0.3, 0.4) is 0 Å². The van der Waals surface area contributed by atoms with Crippen LogP contribution < -0.4 is 10.6 Å². The number of furan rings is 1. The lowest BCUT2D eigenvalue weighted by atomic mass is 10.1. The Morgan fingerprint density at radius 3 is 2.62 bits per heavy atom. The van der Waals surface area contributed by atoms with Crippen molar-refractivity contribution in [3.63, 3.8) is 0 Å². The zero-order valence-electron chi connectivity index (χ0n) is 18.5. The van der Waals surface area contributed by atoms with Crippen LogP contribution in [0.25, 0.3) is 0 Å². The summed E-state index contributed by atoms with van der Waals surface area (Å²) in [6.45, 7) is 9.55. The maximum absolute atomic E-state index is 12.0. The van der Waals surface area contributed by atoms with E-state index in [0.717, 1.165) is 18.8 Å². The van der Waals surface area contributed by atoms with Crippen LogP contribution in [0.1, 0.15) is 51.8 Å². The van der Waals surface area contributed by atoms with E-state index in [2.05, 4.69) is 20.5 Å². The van der Waals surface area contributed by atoms with Gasteiger partial charge in [-0.15, -0.1) is 0 Å². The van der Waals surface area contributed by atoms with Crippen LogP contribution in [0.5, 0.6) is 0 Å². The van der Waals surface area contributed by atoms with Crippen LogP contribution in [0, 0.1) is 0 Å². The number of amides is 1. The van der Waals surface area contributed by atoms with Gasteiger partial charge in [0.05, 0.1) is 12.3 Å². The molecule has 1 amide bonds. The molecule has 8 heteroatoms. The van der Waals surface area contributed by atoms with Crippen LogP contribution in [0.2, 0.25) is 0 Å². The number of carbonyl (C=O) groups is 1. The molecule has 29 heavy (non-hydrogen) atoms. The second-order valence-electron chi connectivity index (χ2n) is 8.41. The molecule has 1 aliphatic rings. The number of nitrogens with one attached hydrogen (secondary N) is 2. The van der Waals surface area contributed by atoms with Crippen molar-refractivity contribution >= 4 is 12.1 Å². The van der Waals surface area contributed by atoms with Gasteiger partial charge in [0, 0.05) is 33.7 Å². The molecule has 1 aliphatic heterocycles. The number of hydrogen-bond acceptors (Lipinski definition) is 5. The van der Waals surface area contributed by atoms with Crippen molar-refractivity contribution in [3.05, 3.63) is 24.2 Å². The Hall–Kier alpha value is -2.22. The van der Waals surface area contributed by atoms with Gasteiger partial charge in [0.1, 0.15) is 11.4 Å². The third-order valence-electron chi connectivity index (χ3n) is 4.83. The van der Waals surface area contributed by atoms with Gasteiger partial charge in [0.25, 0.3) is 0 Å². The van der Waals surface area contributed by atoms with Crippen molar-refractivity contribution in [1.82, 2.24) is 20.4 Å². The summed E-state index contributed by atoms with van der Waals surface area (Å²) in [7, 11) is 3.48. The normalized spacial score (nSPS) is 16.9. The average molecular weight is 408 g/mol. The summed E-state index contributed by atoms with van der Waals surface area (Å²) in [4.78, 5) is 20.4. The lowest BCUT2D eigenvalue weighted by molar-refractivity contribution is 0.0302. The molecule has 1 aromatic rings. The van der Waals surface area contributed by atoms with E-state index in [1.165, 1.54) is 19.3 Å². The molecule has 1 unspecified atom stereocenters. The molecule has 1 aromatic heterocycles. The number of aliphatic imine (C=N–C) groups is 1. The van der Waals surface area contributed by atoms with E-state index in [9.17, 15) is 4.79 Å². The van der Waals surface area contributed by atoms with Gasteiger partial charge in [-0.3, -0.25) is 9.89 Å². The predicted molar refractivity (Wildman–Crippen MR) is 115 cm³/mol. The standard InChI is InChI=1S/C21H37N5O3/c1-21(2,3)29-20(27)25(5)14-11-23-19(22-4)24-16-17(18-10-9-15-28-18)26-12-7-6-8-13-26/h9-10,15,17H,6-8,11-14,16H2,1-5H3,(H2,22,23,24). The number of rotatable bonds is 7. The number of hydrogen-bond donors (Lipinski definition) is 2. The predicted octanol–water partition coefficient (Wildman–Crippen LogP) is 2.84. The first-order valence-electron chi connectivity index (χ1n) is 10.5. The van der Waals surface area contributed by atoms with Crippen LogP contribution >= 0.6 is 0 Å². The van der Waals surface area contributed by atoms with Gasteiger partial charge in [0.15, 0.2) is 5.96 Å². The Bertz CT molecular complexity index is 633. The Morgan fingerprint density at radius 2 is 2.03 bits per heavy atom. The molecule has 0 radical (unpaired) electrons. The van der Waals surface area contributed by atoms with Crippen molar-refractivity contribution in [1.29, 1.82) is 0 Å². The maximum Gasteiger partial charge on any atom is 0.410 e. The van der Waals surface area contributed by atoms with Gasteiger partial charge in [-0.05, 0) is 58.8 Å². The van der Waals surface area contributed by atoms with Crippen LogP contribution in [0.15, 0.2) is 27.8 Å². The van der Waals surface area contributed by atoms with Gasteiger partial charge >= 0.3 is 6.09 Å². The van der Waals surface area contributed by atoms with Crippen molar-refractivity contribution in [2.24, 2.45) is 4.99 Å². The highest BCUT2D eigenvalue weighted by atomic mass is 16.6. The minimum absolute atomic E-state index is 0.174. The Kier molecular flexibility index (Phi) is 8.82. The molecule has 0 aliphatic carbocycles. The summed E-state index contributed by atoms with van der Waals surface area (Å²) in [5, 5.41) is 6.66. The lowest BCUT2D eigenvalue weighted by Crippen LogP contribution is -2.46. The highest BCUT2D eigenvalue weighted by Gasteiger charge is 2.24. The fourth-order valence-corrected chi connectivity index (χ4v) is 3.31. The van der Waals surface area contributed by atoms with Gasteiger partial charge in [-0.2, -0.15) is 0 Å². The van der Waals surface area contributed by atoms with Gasteiger partial charge in [-0.25, -0.2) is 4.79 Å². The molecule has 0 spiro atoms. The van der Waals surface area contributed by atoms with Crippen LogP contribution in [0.4, 0.5) is 4.79 Å². The van der Waals surface area contributed by atoms with Gasteiger partial charge < -0.3 is 24.7 Å². The number of piperidine rings is 1. The minimum Gasteiger partial charge on any atom is -0.468 e. The number of guanidine groups is 1. The zero-order chi connectivity index (χ0) is 21.3. The third kappa shape index (κ3) is 7.97. The average Bonchev–Trinajstić information content (AvgIpc) is 3.20. The molecule has 8 nitrogen and oxygen atoms in total. The Labute approximate surface area is 174 Å². The monoisotopic (exact) mass is 407 g/mol. The molecule has 2 heterocycles. The number of likely N-dealkylation sites (tertiary alicyclic amines) is 1. The quantitative estimate of drug-likeness (QED) is 0.534. The minimum atomic E-state index is -0.494. The summed E-state index contributed by atoms with van der Waals surface area (Å²) in [6, 6.07) is 4.15. The molecule has 2 rings (SSSR count). The molecular formula is C21H37N5O3. The highest BCUT2D eigenvalue weighted by Crippen LogP contribution is 2.24. The molecule has 164 valence electrons.